The Hall–Kier alpha value is -3.09. The van der Waals surface area contributed by atoms with Crippen LogP contribution in [-0.4, -0.2) is 46.6 Å². The summed E-state index contributed by atoms with van der Waals surface area (Å²) in [6.07, 6.45) is 2.24. The van der Waals surface area contributed by atoms with Crippen LogP contribution in [0.2, 0.25) is 0 Å². The molecule has 32 heavy (non-hydrogen) atoms. The fourth-order valence-electron chi connectivity index (χ4n) is 4.81. The van der Waals surface area contributed by atoms with E-state index in [0.717, 1.165) is 24.1 Å². The molecule has 0 radical (unpaired) electrons. The number of urea groups is 1. The summed E-state index contributed by atoms with van der Waals surface area (Å²) in [7, 11) is 0. The highest BCUT2D eigenvalue weighted by molar-refractivity contribution is 5.87. The minimum atomic E-state index is -0.643. The fraction of sp³-hybridized carbons (Fsp3) is 0.480. The lowest BCUT2D eigenvalue weighted by Gasteiger charge is -2.43. The van der Waals surface area contributed by atoms with Gasteiger partial charge in [-0.3, -0.25) is 9.59 Å². The summed E-state index contributed by atoms with van der Waals surface area (Å²) in [5.41, 5.74) is 2.03. The third-order valence-corrected chi connectivity index (χ3v) is 6.66. The van der Waals surface area contributed by atoms with Crippen LogP contribution in [0.1, 0.15) is 43.9 Å². The van der Waals surface area contributed by atoms with Gasteiger partial charge in [-0.1, -0.05) is 43.3 Å². The van der Waals surface area contributed by atoms with E-state index in [1.165, 1.54) is 0 Å². The number of hydrogen-bond acceptors (Lipinski definition) is 3. The van der Waals surface area contributed by atoms with Gasteiger partial charge >= 0.3 is 6.03 Å². The number of hydrogen-bond donors (Lipinski definition) is 2. The smallest absolute Gasteiger partial charge is 0.318 e. The van der Waals surface area contributed by atoms with Gasteiger partial charge in [-0.2, -0.15) is 0 Å². The summed E-state index contributed by atoms with van der Waals surface area (Å²) in [4.78, 5) is 40.2. The molecule has 1 saturated heterocycles. The lowest BCUT2D eigenvalue weighted by Crippen LogP contribution is -2.57. The number of benzene rings is 1. The minimum absolute atomic E-state index is 0.0275. The normalized spacial score (nSPS) is 21.2. The van der Waals surface area contributed by atoms with E-state index >= 15 is 0 Å². The number of pyridine rings is 1. The number of carbonyl (C=O) groups excluding carboxylic acids is 2. The van der Waals surface area contributed by atoms with Gasteiger partial charge in [0.05, 0.1) is 0 Å². The molecule has 0 spiro atoms. The molecule has 2 aliphatic rings. The van der Waals surface area contributed by atoms with Crippen molar-refractivity contribution < 1.29 is 9.59 Å². The Morgan fingerprint density at radius 2 is 1.81 bits per heavy atom. The summed E-state index contributed by atoms with van der Waals surface area (Å²) < 4.78 is 1.85. The summed E-state index contributed by atoms with van der Waals surface area (Å²) >= 11 is 0. The molecule has 7 heteroatoms. The first-order chi connectivity index (χ1) is 15.4. The molecule has 0 saturated carbocycles. The van der Waals surface area contributed by atoms with E-state index in [-0.39, 0.29) is 35.4 Å². The van der Waals surface area contributed by atoms with Crippen LogP contribution in [0, 0.1) is 5.92 Å². The molecule has 2 bridgehead atoms. The van der Waals surface area contributed by atoms with Gasteiger partial charge < -0.3 is 20.1 Å². The Labute approximate surface area is 188 Å². The number of nitrogens with zero attached hydrogens (tertiary/aromatic N) is 2. The molecule has 4 atom stereocenters. The van der Waals surface area contributed by atoms with E-state index in [2.05, 4.69) is 10.6 Å². The molecule has 2 aliphatic heterocycles. The lowest BCUT2D eigenvalue weighted by molar-refractivity contribution is -0.123. The van der Waals surface area contributed by atoms with Gasteiger partial charge in [0, 0.05) is 49.8 Å². The first-order valence-electron chi connectivity index (χ1n) is 11.5. The maximum absolute atomic E-state index is 13.2. The van der Waals surface area contributed by atoms with Crippen molar-refractivity contribution >= 4 is 11.9 Å². The highest BCUT2D eigenvalue weighted by Gasteiger charge is 2.37. The molecule has 4 rings (SSSR count). The van der Waals surface area contributed by atoms with Crippen molar-refractivity contribution in [1.82, 2.24) is 20.1 Å². The first kappa shape index (κ1) is 22.1. The Bertz CT molecular complexity index is 1020. The number of likely N-dealkylation sites (tertiary alicyclic amines) is 1. The number of carbonyl (C=O) groups is 2. The van der Waals surface area contributed by atoms with Crippen LogP contribution in [-0.2, 0) is 17.8 Å². The molecule has 170 valence electrons. The second kappa shape index (κ2) is 9.59. The van der Waals surface area contributed by atoms with Gasteiger partial charge in [0.15, 0.2) is 0 Å². The van der Waals surface area contributed by atoms with Crippen molar-refractivity contribution in [2.45, 2.75) is 57.7 Å². The van der Waals surface area contributed by atoms with E-state index in [9.17, 15) is 14.4 Å². The molecule has 1 fully saturated rings. The number of rotatable bonds is 6. The Balaban J connectivity index is 1.48. The standard InChI is InChI=1S/C25H32N4O3/c1-3-17(2)26-24(31)21(13-18-8-5-4-6-9-18)27-25(32)28-14-19-12-20(16-28)22-10-7-11-23(30)29(22)15-19/h4-11,17,19-21H,3,12-16H2,1-2H3,(H,26,31)(H,27,32)/t17-,19-,20+,21-/m0/s1. The van der Waals surface area contributed by atoms with E-state index in [1.807, 2.05) is 59.7 Å². The maximum atomic E-state index is 13.2. The van der Waals surface area contributed by atoms with Crippen molar-refractivity contribution in [3.8, 4) is 0 Å². The zero-order chi connectivity index (χ0) is 22.7. The number of fused-ring (bicyclic) bond motifs is 4. The number of piperidine rings is 1. The van der Waals surface area contributed by atoms with Crippen LogP contribution in [0.3, 0.4) is 0 Å². The van der Waals surface area contributed by atoms with E-state index in [0.29, 0.717) is 26.1 Å². The predicted octanol–water partition coefficient (Wildman–Crippen LogP) is 2.50. The van der Waals surface area contributed by atoms with Gasteiger partial charge in [0.1, 0.15) is 6.04 Å². The second-order valence-corrected chi connectivity index (χ2v) is 9.11. The maximum Gasteiger partial charge on any atom is 0.318 e. The molecule has 0 aliphatic carbocycles. The third-order valence-electron chi connectivity index (χ3n) is 6.66. The zero-order valence-corrected chi connectivity index (χ0v) is 18.8. The molecule has 1 aromatic heterocycles. The topological polar surface area (TPSA) is 83.4 Å². The van der Waals surface area contributed by atoms with Crippen molar-refractivity contribution in [2.75, 3.05) is 13.1 Å². The van der Waals surface area contributed by atoms with Crippen molar-refractivity contribution in [3.63, 3.8) is 0 Å². The average Bonchev–Trinajstić information content (AvgIpc) is 2.79. The van der Waals surface area contributed by atoms with Gasteiger partial charge in [-0.05, 0) is 37.3 Å². The van der Waals surface area contributed by atoms with Crippen molar-refractivity contribution in [1.29, 1.82) is 0 Å². The summed E-state index contributed by atoms with van der Waals surface area (Å²) in [5.74, 6) is 0.225. The summed E-state index contributed by atoms with van der Waals surface area (Å²) in [6, 6.07) is 14.3. The number of amides is 3. The molecule has 2 N–H and O–H groups in total. The molecule has 1 aromatic carbocycles. The van der Waals surface area contributed by atoms with E-state index < -0.39 is 6.04 Å². The zero-order valence-electron chi connectivity index (χ0n) is 18.8. The van der Waals surface area contributed by atoms with Crippen molar-refractivity contribution in [2.24, 2.45) is 5.92 Å². The molecule has 2 aromatic rings. The van der Waals surface area contributed by atoms with Gasteiger partial charge in [0.25, 0.3) is 5.56 Å². The van der Waals surface area contributed by atoms with Crippen LogP contribution < -0.4 is 16.2 Å². The van der Waals surface area contributed by atoms with Crippen LogP contribution in [0.4, 0.5) is 4.79 Å². The second-order valence-electron chi connectivity index (χ2n) is 9.11. The van der Waals surface area contributed by atoms with Crippen LogP contribution in [0.25, 0.3) is 0 Å². The van der Waals surface area contributed by atoms with Crippen LogP contribution >= 0.6 is 0 Å². The van der Waals surface area contributed by atoms with E-state index in [4.69, 9.17) is 0 Å². The largest absolute Gasteiger partial charge is 0.352 e. The van der Waals surface area contributed by atoms with Gasteiger partial charge in [-0.15, -0.1) is 0 Å². The Kier molecular flexibility index (Phi) is 6.63. The van der Waals surface area contributed by atoms with Gasteiger partial charge in [0.2, 0.25) is 5.91 Å². The minimum Gasteiger partial charge on any atom is -0.352 e. The monoisotopic (exact) mass is 436 g/mol. The first-order valence-corrected chi connectivity index (χ1v) is 11.5. The number of nitrogens with one attached hydrogen (secondary N) is 2. The fourth-order valence-corrected chi connectivity index (χ4v) is 4.81. The highest BCUT2D eigenvalue weighted by Crippen LogP contribution is 2.34. The van der Waals surface area contributed by atoms with Crippen LogP contribution in [0.5, 0.6) is 0 Å². The average molecular weight is 437 g/mol. The molecule has 7 nitrogen and oxygen atoms in total. The highest BCUT2D eigenvalue weighted by atomic mass is 16.2. The predicted molar refractivity (Wildman–Crippen MR) is 123 cm³/mol. The molecule has 3 amide bonds. The van der Waals surface area contributed by atoms with Gasteiger partial charge in [-0.25, -0.2) is 4.79 Å². The SMILES string of the molecule is CC[C@H](C)NC(=O)[C@H](Cc1ccccc1)NC(=O)N1C[C@@H]2C[C@H](C1)c1cccc(=O)n1C2. The van der Waals surface area contributed by atoms with E-state index in [1.54, 1.807) is 12.1 Å². The quantitative estimate of drug-likeness (QED) is 0.730. The van der Waals surface area contributed by atoms with Crippen molar-refractivity contribution in [3.05, 3.63) is 70.1 Å². The molecular formula is C25H32N4O3. The number of aromatic nitrogens is 1. The third kappa shape index (κ3) is 4.87. The Morgan fingerprint density at radius 1 is 1.03 bits per heavy atom. The molecular weight excluding hydrogens is 404 g/mol. The summed E-state index contributed by atoms with van der Waals surface area (Å²) in [5, 5.41) is 6.00. The van der Waals surface area contributed by atoms with Crippen LogP contribution in [0.15, 0.2) is 53.3 Å². The molecule has 3 heterocycles. The lowest BCUT2D eigenvalue weighted by atomic mass is 9.83. The Morgan fingerprint density at radius 3 is 2.56 bits per heavy atom. The summed E-state index contributed by atoms with van der Waals surface area (Å²) in [6.45, 7) is 5.76. The molecule has 0 unspecified atom stereocenters.